The summed E-state index contributed by atoms with van der Waals surface area (Å²) < 4.78 is 13.8. The highest BCUT2D eigenvalue weighted by Gasteiger charge is 2.20. The first kappa shape index (κ1) is 14.4. The van der Waals surface area contributed by atoms with Gasteiger partial charge in [0.15, 0.2) is 0 Å². The van der Waals surface area contributed by atoms with E-state index in [1.165, 1.54) is 6.07 Å². The Morgan fingerprint density at radius 1 is 1.35 bits per heavy atom. The van der Waals surface area contributed by atoms with Gasteiger partial charge in [0.1, 0.15) is 5.82 Å². The lowest BCUT2D eigenvalue weighted by Gasteiger charge is -2.30. The predicted octanol–water partition coefficient (Wildman–Crippen LogP) is 3.21. The zero-order chi connectivity index (χ0) is 12.8. The van der Waals surface area contributed by atoms with Crippen LogP contribution in [0.4, 0.5) is 4.39 Å². The van der Waals surface area contributed by atoms with E-state index >= 15 is 0 Å². The maximum absolute atomic E-state index is 13.8. The number of halogens is 2. The summed E-state index contributed by atoms with van der Waals surface area (Å²) in [5.41, 5.74) is 6.27. The van der Waals surface area contributed by atoms with E-state index in [0.717, 1.165) is 19.5 Å². The van der Waals surface area contributed by atoms with E-state index in [4.69, 9.17) is 17.3 Å². The van der Waals surface area contributed by atoms with E-state index in [2.05, 4.69) is 18.7 Å². The van der Waals surface area contributed by atoms with E-state index in [1.54, 1.807) is 12.1 Å². The third-order valence-corrected chi connectivity index (χ3v) is 3.25. The molecule has 0 radical (unpaired) electrons. The van der Waals surface area contributed by atoms with Gasteiger partial charge in [0.25, 0.3) is 0 Å². The Morgan fingerprint density at radius 2 is 2.00 bits per heavy atom. The zero-order valence-electron chi connectivity index (χ0n) is 10.4. The van der Waals surface area contributed by atoms with Crippen LogP contribution in [0, 0.1) is 5.82 Å². The minimum atomic E-state index is -0.209. The number of hydrogen-bond acceptors (Lipinski definition) is 2. The summed E-state index contributed by atoms with van der Waals surface area (Å²) in [7, 11) is 0. The molecule has 0 spiro atoms. The third-order valence-electron chi connectivity index (χ3n) is 3.01. The first-order valence-corrected chi connectivity index (χ1v) is 6.40. The van der Waals surface area contributed by atoms with Crippen LogP contribution in [-0.2, 0) is 0 Å². The van der Waals surface area contributed by atoms with Crippen LogP contribution in [-0.4, -0.2) is 24.5 Å². The Morgan fingerprint density at radius 3 is 2.53 bits per heavy atom. The van der Waals surface area contributed by atoms with E-state index in [1.807, 2.05) is 0 Å². The number of rotatable bonds is 6. The summed E-state index contributed by atoms with van der Waals surface area (Å²) in [6, 6.07) is 4.70. The molecule has 0 aliphatic heterocycles. The molecular formula is C13H20ClFN2. The van der Waals surface area contributed by atoms with E-state index in [9.17, 15) is 4.39 Å². The second kappa shape index (κ2) is 6.94. The van der Waals surface area contributed by atoms with Crippen molar-refractivity contribution in [3.63, 3.8) is 0 Å². The lowest BCUT2D eigenvalue weighted by Crippen LogP contribution is -2.30. The molecule has 2 nitrogen and oxygen atoms in total. The fraction of sp³-hybridized carbons (Fsp3) is 0.538. The van der Waals surface area contributed by atoms with E-state index < -0.39 is 0 Å². The molecule has 0 saturated heterocycles. The second-order valence-corrected chi connectivity index (χ2v) is 4.42. The van der Waals surface area contributed by atoms with Crippen molar-refractivity contribution in [3.05, 3.63) is 34.6 Å². The number of benzene rings is 1. The van der Waals surface area contributed by atoms with Crippen LogP contribution in [0.3, 0.4) is 0 Å². The number of nitrogens with two attached hydrogens (primary N) is 1. The highest BCUT2D eigenvalue weighted by molar-refractivity contribution is 6.30. The van der Waals surface area contributed by atoms with Crippen molar-refractivity contribution in [2.45, 2.75) is 26.3 Å². The number of nitrogens with zero attached hydrogens (tertiary/aromatic N) is 1. The van der Waals surface area contributed by atoms with Gasteiger partial charge < -0.3 is 5.73 Å². The summed E-state index contributed by atoms with van der Waals surface area (Å²) in [4.78, 5) is 2.20. The standard InChI is InChI=1S/C13H20ClFN2/c1-3-17(4-2)13(7-8-16)11-9-10(14)5-6-12(11)15/h5-6,9,13H,3-4,7-8,16H2,1-2H3/t13-/m0/s1. The molecule has 0 aromatic heterocycles. The molecule has 1 rings (SSSR count). The van der Waals surface area contributed by atoms with Crippen LogP contribution in [0.1, 0.15) is 31.9 Å². The second-order valence-electron chi connectivity index (χ2n) is 3.98. The Kier molecular flexibility index (Phi) is 5.89. The van der Waals surface area contributed by atoms with Gasteiger partial charge in [-0.2, -0.15) is 0 Å². The molecule has 1 aromatic rings. The van der Waals surface area contributed by atoms with Crippen LogP contribution in [0.25, 0.3) is 0 Å². The average Bonchev–Trinajstić information content (AvgIpc) is 2.33. The summed E-state index contributed by atoms with van der Waals surface area (Å²) >= 11 is 5.94. The highest BCUT2D eigenvalue weighted by Crippen LogP contribution is 2.28. The van der Waals surface area contributed by atoms with E-state index in [-0.39, 0.29) is 11.9 Å². The monoisotopic (exact) mass is 258 g/mol. The molecule has 0 saturated carbocycles. The number of hydrogen-bond donors (Lipinski definition) is 1. The van der Waals surface area contributed by atoms with Gasteiger partial charge in [0.2, 0.25) is 0 Å². The van der Waals surface area contributed by atoms with Gasteiger partial charge in [0, 0.05) is 16.6 Å². The fourth-order valence-corrected chi connectivity index (χ4v) is 2.31. The van der Waals surface area contributed by atoms with Crippen molar-refractivity contribution in [1.29, 1.82) is 0 Å². The molecule has 96 valence electrons. The molecule has 1 atom stereocenters. The van der Waals surface area contributed by atoms with Crippen molar-refractivity contribution in [2.24, 2.45) is 5.73 Å². The third kappa shape index (κ3) is 3.66. The molecule has 17 heavy (non-hydrogen) atoms. The van der Waals surface area contributed by atoms with Crippen molar-refractivity contribution in [1.82, 2.24) is 4.90 Å². The summed E-state index contributed by atoms with van der Waals surface area (Å²) in [6.07, 6.45) is 0.735. The topological polar surface area (TPSA) is 29.3 Å². The molecule has 2 N–H and O–H groups in total. The average molecular weight is 259 g/mol. The molecule has 0 fully saturated rings. The van der Waals surface area contributed by atoms with Crippen LogP contribution in [0.2, 0.25) is 5.02 Å². The van der Waals surface area contributed by atoms with Crippen molar-refractivity contribution < 1.29 is 4.39 Å². The van der Waals surface area contributed by atoms with Crippen molar-refractivity contribution >= 4 is 11.6 Å². The molecule has 0 amide bonds. The minimum absolute atomic E-state index is 0.00806. The first-order valence-electron chi connectivity index (χ1n) is 6.03. The summed E-state index contributed by atoms with van der Waals surface area (Å²) in [6.45, 7) is 6.40. The van der Waals surface area contributed by atoms with Crippen LogP contribution in [0.15, 0.2) is 18.2 Å². The van der Waals surface area contributed by atoms with Gasteiger partial charge >= 0.3 is 0 Å². The van der Waals surface area contributed by atoms with Crippen molar-refractivity contribution in [3.8, 4) is 0 Å². The lowest BCUT2D eigenvalue weighted by atomic mass is 10.0. The lowest BCUT2D eigenvalue weighted by molar-refractivity contribution is 0.206. The van der Waals surface area contributed by atoms with Crippen LogP contribution < -0.4 is 5.73 Å². The summed E-state index contributed by atoms with van der Waals surface area (Å²) in [5.74, 6) is -0.209. The quantitative estimate of drug-likeness (QED) is 0.849. The Hall–Kier alpha value is -0.640. The Balaban J connectivity index is 3.07. The van der Waals surface area contributed by atoms with Gasteiger partial charge in [-0.15, -0.1) is 0 Å². The maximum Gasteiger partial charge on any atom is 0.128 e. The first-order chi connectivity index (χ1) is 8.13. The molecule has 0 unspecified atom stereocenters. The van der Waals surface area contributed by atoms with Gasteiger partial charge in [0.05, 0.1) is 0 Å². The maximum atomic E-state index is 13.8. The molecule has 0 aliphatic rings. The van der Waals surface area contributed by atoms with Crippen LogP contribution in [0.5, 0.6) is 0 Å². The fourth-order valence-electron chi connectivity index (χ4n) is 2.13. The highest BCUT2D eigenvalue weighted by atomic mass is 35.5. The molecule has 1 aromatic carbocycles. The van der Waals surface area contributed by atoms with Crippen LogP contribution >= 0.6 is 11.6 Å². The SMILES string of the molecule is CCN(CC)[C@@H](CCN)c1cc(Cl)ccc1F. The predicted molar refractivity (Wildman–Crippen MR) is 70.7 cm³/mol. The van der Waals surface area contributed by atoms with Gasteiger partial charge in [-0.3, -0.25) is 4.90 Å². The van der Waals surface area contributed by atoms with Gasteiger partial charge in [-0.1, -0.05) is 25.4 Å². The van der Waals surface area contributed by atoms with E-state index in [0.29, 0.717) is 17.1 Å². The molecule has 0 aliphatic carbocycles. The minimum Gasteiger partial charge on any atom is -0.330 e. The Labute approximate surface area is 108 Å². The largest absolute Gasteiger partial charge is 0.330 e. The normalized spacial score (nSPS) is 13.1. The van der Waals surface area contributed by atoms with Gasteiger partial charge in [-0.25, -0.2) is 4.39 Å². The molecule has 0 heterocycles. The molecule has 0 bridgehead atoms. The molecular weight excluding hydrogens is 239 g/mol. The van der Waals surface area contributed by atoms with Crippen molar-refractivity contribution in [2.75, 3.05) is 19.6 Å². The smallest absolute Gasteiger partial charge is 0.128 e. The molecule has 4 heteroatoms. The zero-order valence-corrected chi connectivity index (χ0v) is 11.2. The van der Waals surface area contributed by atoms with Gasteiger partial charge in [-0.05, 0) is 44.3 Å². The Bertz CT molecular complexity index is 353. The summed E-state index contributed by atoms with van der Waals surface area (Å²) in [5, 5.41) is 0.565.